The van der Waals surface area contributed by atoms with Crippen LogP contribution in [0.2, 0.25) is 5.02 Å². The van der Waals surface area contributed by atoms with Gasteiger partial charge >= 0.3 is 0 Å². The van der Waals surface area contributed by atoms with E-state index in [0.717, 1.165) is 32.5 Å². The van der Waals surface area contributed by atoms with E-state index in [1.165, 1.54) is 0 Å². The van der Waals surface area contributed by atoms with Gasteiger partial charge in [-0.1, -0.05) is 23.7 Å². The molecule has 1 aromatic carbocycles. The van der Waals surface area contributed by atoms with E-state index in [2.05, 4.69) is 5.32 Å². The van der Waals surface area contributed by atoms with Gasteiger partial charge in [-0.3, -0.25) is 4.79 Å². The molecule has 1 fully saturated rings. The number of benzene rings is 1. The zero-order valence-electron chi connectivity index (χ0n) is 10.7. The molecule has 0 aromatic heterocycles. The number of halogens is 1. The summed E-state index contributed by atoms with van der Waals surface area (Å²) in [6.45, 7) is 4.66. The number of carbonyl (C=O) groups excluding carboxylic acids is 1. The molecule has 0 radical (unpaired) electrons. The minimum atomic E-state index is 0.0387. The second-order valence-electron chi connectivity index (χ2n) is 4.57. The Labute approximate surface area is 113 Å². The van der Waals surface area contributed by atoms with Crippen LogP contribution in [0.4, 0.5) is 0 Å². The molecule has 3 nitrogen and oxygen atoms in total. The summed E-state index contributed by atoms with van der Waals surface area (Å²) in [7, 11) is 0. The maximum absolute atomic E-state index is 12.5. The number of hydrogen-bond donors (Lipinski definition) is 1. The van der Waals surface area contributed by atoms with Gasteiger partial charge in [0.2, 0.25) is 0 Å². The lowest BCUT2D eigenvalue weighted by Crippen LogP contribution is -2.48. The summed E-state index contributed by atoms with van der Waals surface area (Å²) in [6.07, 6.45) is 2.19. The van der Waals surface area contributed by atoms with E-state index in [-0.39, 0.29) is 11.9 Å². The van der Waals surface area contributed by atoms with Crippen LogP contribution < -0.4 is 5.32 Å². The van der Waals surface area contributed by atoms with Crippen molar-refractivity contribution < 1.29 is 4.79 Å². The Morgan fingerprint density at radius 3 is 2.89 bits per heavy atom. The van der Waals surface area contributed by atoms with Crippen LogP contribution in [0.3, 0.4) is 0 Å². The predicted molar refractivity (Wildman–Crippen MR) is 74.1 cm³/mol. The Balaban J connectivity index is 2.17. The molecule has 1 aromatic rings. The van der Waals surface area contributed by atoms with Crippen LogP contribution in [0, 0.1) is 0 Å². The van der Waals surface area contributed by atoms with Crippen LogP contribution in [0.15, 0.2) is 24.3 Å². The molecule has 1 unspecified atom stereocenters. The fourth-order valence-corrected chi connectivity index (χ4v) is 2.67. The first kappa shape index (κ1) is 13.4. The Morgan fingerprint density at radius 2 is 2.28 bits per heavy atom. The van der Waals surface area contributed by atoms with Gasteiger partial charge in [0.1, 0.15) is 0 Å². The van der Waals surface area contributed by atoms with Crippen molar-refractivity contribution in [2.75, 3.05) is 19.6 Å². The van der Waals surface area contributed by atoms with E-state index in [1.54, 1.807) is 12.1 Å². The maximum atomic E-state index is 12.5. The van der Waals surface area contributed by atoms with Crippen LogP contribution in [0.1, 0.15) is 30.1 Å². The van der Waals surface area contributed by atoms with E-state index < -0.39 is 0 Å². The molecule has 1 aliphatic heterocycles. The van der Waals surface area contributed by atoms with Gasteiger partial charge in [-0.25, -0.2) is 0 Å². The van der Waals surface area contributed by atoms with Gasteiger partial charge in [-0.15, -0.1) is 0 Å². The first-order valence-corrected chi connectivity index (χ1v) is 6.88. The van der Waals surface area contributed by atoms with Gasteiger partial charge < -0.3 is 10.2 Å². The van der Waals surface area contributed by atoms with E-state index in [9.17, 15) is 4.79 Å². The lowest BCUT2D eigenvalue weighted by molar-refractivity contribution is 0.0662. The highest BCUT2D eigenvalue weighted by Gasteiger charge is 2.25. The van der Waals surface area contributed by atoms with Crippen molar-refractivity contribution in [2.45, 2.75) is 25.8 Å². The van der Waals surface area contributed by atoms with Gasteiger partial charge in [0.15, 0.2) is 0 Å². The van der Waals surface area contributed by atoms with Gasteiger partial charge in [-0.2, -0.15) is 0 Å². The lowest BCUT2D eigenvalue weighted by Gasteiger charge is -2.34. The smallest absolute Gasteiger partial charge is 0.255 e. The van der Waals surface area contributed by atoms with Gasteiger partial charge in [0.25, 0.3) is 5.91 Å². The molecule has 1 N–H and O–H groups in total. The Kier molecular flexibility index (Phi) is 4.61. The number of likely N-dealkylation sites (N-methyl/N-ethyl adjacent to an activating group) is 1. The Morgan fingerprint density at radius 1 is 1.50 bits per heavy atom. The molecule has 1 saturated heterocycles. The molecule has 0 spiro atoms. The molecule has 1 atom stereocenters. The third-order valence-corrected chi connectivity index (χ3v) is 3.75. The number of amides is 1. The van der Waals surface area contributed by atoms with Crippen LogP contribution >= 0.6 is 11.6 Å². The third kappa shape index (κ3) is 2.85. The molecule has 1 aliphatic rings. The number of nitrogens with one attached hydrogen (secondary N) is 1. The molecule has 18 heavy (non-hydrogen) atoms. The zero-order chi connectivity index (χ0) is 13.0. The molecule has 98 valence electrons. The van der Waals surface area contributed by atoms with Crippen molar-refractivity contribution in [3.05, 3.63) is 34.9 Å². The fraction of sp³-hybridized carbons (Fsp3) is 0.500. The molecule has 1 heterocycles. The number of nitrogens with zero attached hydrogens (tertiary/aromatic N) is 1. The summed E-state index contributed by atoms with van der Waals surface area (Å²) >= 11 is 6.10. The molecule has 1 amide bonds. The van der Waals surface area contributed by atoms with Crippen LogP contribution in [-0.2, 0) is 0 Å². The van der Waals surface area contributed by atoms with Crippen LogP contribution in [0.5, 0.6) is 0 Å². The first-order chi connectivity index (χ1) is 8.74. The molecule has 4 heteroatoms. The lowest BCUT2D eigenvalue weighted by atomic mass is 10.0. The van der Waals surface area contributed by atoms with Crippen molar-refractivity contribution in [3.63, 3.8) is 0 Å². The summed E-state index contributed by atoms with van der Waals surface area (Å²) in [5.74, 6) is 0.0387. The van der Waals surface area contributed by atoms with E-state index in [1.807, 2.05) is 24.0 Å². The van der Waals surface area contributed by atoms with E-state index in [4.69, 9.17) is 11.6 Å². The summed E-state index contributed by atoms with van der Waals surface area (Å²) < 4.78 is 0. The second-order valence-corrected chi connectivity index (χ2v) is 4.98. The Hall–Kier alpha value is -1.06. The van der Waals surface area contributed by atoms with Gasteiger partial charge in [-0.05, 0) is 38.4 Å². The number of rotatable bonds is 3. The van der Waals surface area contributed by atoms with Crippen molar-refractivity contribution in [2.24, 2.45) is 0 Å². The van der Waals surface area contributed by atoms with Crippen molar-refractivity contribution in [1.29, 1.82) is 0 Å². The largest absolute Gasteiger partial charge is 0.335 e. The molecule has 0 saturated carbocycles. The van der Waals surface area contributed by atoms with E-state index >= 15 is 0 Å². The number of hydrogen-bond acceptors (Lipinski definition) is 2. The fourth-order valence-electron chi connectivity index (χ4n) is 2.46. The van der Waals surface area contributed by atoms with Crippen LogP contribution in [0.25, 0.3) is 0 Å². The quantitative estimate of drug-likeness (QED) is 0.912. The summed E-state index contributed by atoms with van der Waals surface area (Å²) in [6, 6.07) is 7.54. The topological polar surface area (TPSA) is 32.3 Å². The highest BCUT2D eigenvalue weighted by Crippen LogP contribution is 2.20. The Bertz CT molecular complexity index is 416. The third-order valence-electron chi connectivity index (χ3n) is 3.42. The average Bonchev–Trinajstić information content (AvgIpc) is 2.41. The molecule has 0 aliphatic carbocycles. The zero-order valence-corrected chi connectivity index (χ0v) is 11.4. The summed E-state index contributed by atoms with van der Waals surface area (Å²) in [5, 5.41) is 3.88. The average molecular weight is 267 g/mol. The number of carbonyl (C=O) groups is 1. The first-order valence-electron chi connectivity index (χ1n) is 6.50. The SMILES string of the molecule is CCN(C(=O)c1ccccc1Cl)C1CCCNC1. The summed E-state index contributed by atoms with van der Waals surface area (Å²) in [5.41, 5.74) is 0.603. The normalized spacial score (nSPS) is 19.6. The van der Waals surface area contributed by atoms with Crippen molar-refractivity contribution in [1.82, 2.24) is 10.2 Å². The molecule has 0 bridgehead atoms. The molecule has 2 rings (SSSR count). The summed E-state index contributed by atoms with van der Waals surface area (Å²) in [4.78, 5) is 14.4. The minimum absolute atomic E-state index is 0.0387. The molecular weight excluding hydrogens is 248 g/mol. The highest BCUT2D eigenvalue weighted by atomic mass is 35.5. The van der Waals surface area contributed by atoms with Crippen molar-refractivity contribution in [3.8, 4) is 0 Å². The minimum Gasteiger partial charge on any atom is -0.335 e. The standard InChI is InChI=1S/C14H19ClN2O/c1-2-17(11-6-5-9-16-10-11)14(18)12-7-3-4-8-13(12)15/h3-4,7-8,11,16H,2,5-6,9-10H2,1H3. The van der Waals surface area contributed by atoms with E-state index in [0.29, 0.717) is 10.6 Å². The predicted octanol–water partition coefficient (Wildman–Crippen LogP) is 2.55. The molecular formula is C14H19ClN2O. The maximum Gasteiger partial charge on any atom is 0.255 e. The van der Waals surface area contributed by atoms with Crippen LogP contribution in [-0.4, -0.2) is 36.5 Å². The number of piperidine rings is 1. The van der Waals surface area contributed by atoms with Gasteiger partial charge in [0, 0.05) is 19.1 Å². The van der Waals surface area contributed by atoms with Crippen molar-refractivity contribution >= 4 is 17.5 Å². The van der Waals surface area contributed by atoms with Gasteiger partial charge in [0.05, 0.1) is 10.6 Å². The second kappa shape index (κ2) is 6.21. The monoisotopic (exact) mass is 266 g/mol. The highest BCUT2D eigenvalue weighted by molar-refractivity contribution is 6.33.